The summed E-state index contributed by atoms with van der Waals surface area (Å²) in [5, 5.41) is 52.2. The van der Waals surface area contributed by atoms with Gasteiger partial charge >= 0.3 is 5.97 Å². The number of thioether (sulfide) groups is 1. The van der Waals surface area contributed by atoms with Crippen molar-refractivity contribution in [3.63, 3.8) is 0 Å². The summed E-state index contributed by atoms with van der Waals surface area (Å²) in [6.45, 7) is 6.87. The average Bonchev–Trinajstić information content (AvgIpc) is 3.38. The van der Waals surface area contributed by atoms with Gasteiger partial charge in [0.05, 0.1) is 37.7 Å². The number of methoxy groups -OCH3 is 2. The fraction of sp³-hybridized carbons (Fsp3) is 0.475. The summed E-state index contributed by atoms with van der Waals surface area (Å²) >= 11 is 1.32. The Balaban J connectivity index is 0.000000363. The molecule has 54 heavy (non-hydrogen) atoms. The van der Waals surface area contributed by atoms with Crippen molar-refractivity contribution in [2.75, 3.05) is 27.1 Å². The molecular formula is C40H51NO12S. The minimum Gasteiger partial charge on any atom is -0.492 e. The highest BCUT2D eigenvalue weighted by Crippen LogP contribution is 2.51. The Kier molecular flexibility index (Phi) is 14.9. The molecule has 0 radical (unpaired) electrons. The van der Waals surface area contributed by atoms with Gasteiger partial charge in [-0.05, 0) is 84.4 Å². The minimum absolute atomic E-state index is 0.131. The molecule has 7 atom stereocenters. The topological polar surface area (TPSA) is 201 Å². The molecule has 0 saturated carbocycles. The van der Waals surface area contributed by atoms with Crippen LogP contribution in [-0.2, 0) is 27.2 Å². The van der Waals surface area contributed by atoms with Crippen LogP contribution in [0.25, 0.3) is 11.1 Å². The number of aliphatic hydroxyl groups is 4. The molecule has 294 valence electrons. The SMILES string of the molecule is CC(C)Cc1ccc(C(C)C(=O)O)cc1.COc1c(O[C@H]2O[C@H](CO)[C@@H](O)[C@H](O)[C@H]2O)cc2c(c1OC)-c1ccc(SC)c(=O)cc1[C@@H](NC(C)=O)CC2. The molecule has 1 fully saturated rings. The normalized spacial score (nSPS) is 22.4. The van der Waals surface area contributed by atoms with Crippen LogP contribution in [0, 0.1) is 5.92 Å². The van der Waals surface area contributed by atoms with Gasteiger partial charge in [-0.25, -0.2) is 0 Å². The number of rotatable bonds is 11. The number of nitrogens with one attached hydrogen (secondary N) is 1. The molecule has 3 aromatic rings. The third kappa shape index (κ3) is 9.73. The number of fused-ring (bicyclic) bond motifs is 3. The van der Waals surface area contributed by atoms with Crippen molar-refractivity contribution < 1.29 is 54.1 Å². The van der Waals surface area contributed by atoms with Crippen LogP contribution < -0.4 is 25.0 Å². The third-order valence-electron chi connectivity index (χ3n) is 9.46. The summed E-state index contributed by atoms with van der Waals surface area (Å²) in [5.74, 6) is -0.207. The largest absolute Gasteiger partial charge is 0.492 e. The molecule has 0 aromatic heterocycles. The van der Waals surface area contributed by atoms with E-state index in [1.807, 2.05) is 36.6 Å². The predicted molar refractivity (Wildman–Crippen MR) is 203 cm³/mol. The van der Waals surface area contributed by atoms with Crippen molar-refractivity contribution >= 4 is 23.6 Å². The quantitative estimate of drug-likeness (QED) is 0.154. The number of aryl methyl sites for hydroxylation is 1. The Morgan fingerprint density at radius 1 is 0.963 bits per heavy atom. The molecule has 6 N–H and O–H groups in total. The Hall–Kier alpha value is -4.18. The van der Waals surface area contributed by atoms with E-state index in [4.69, 9.17) is 24.1 Å². The third-order valence-corrected chi connectivity index (χ3v) is 10.2. The van der Waals surface area contributed by atoms with Crippen LogP contribution in [0.15, 0.2) is 58.2 Å². The van der Waals surface area contributed by atoms with Crippen LogP contribution in [0.3, 0.4) is 0 Å². The number of carbonyl (C=O) groups is 2. The number of hydrogen-bond donors (Lipinski definition) is 6. The van der Waals surface area contributed by atoms with Crippen molar-refractivity contribution in [2.24, 2.45) is 5.92 Å². The molecule has 14 heteroatoms. The molecule has 1 aliphatic heterocycles. The second-order valence-corrected chi connectivity index (χ2v) is 14.6. The van der Waals surface area contributed by atoms with Gasteiger partial charge < -0.3 is 49.8 Å². The molecule has 1 aliphatic carbocycles. The first kappa shape index (κ1) is 42.6. The highest BCUT2D eigenvalue weighted by molar-refractivity contribution is 7.98. The Morgan fingerprint density at radius 3 is 2.19 bits per heavy atom. The molecule has 1 unspecified atom stereocenters. The molecular weight excluding hydrogens is 719 g/mol. The first-order valence-corrected chi connectivity index (χ1v) is 18.9. The second kappa shape index (κ2) is 18.9. The number of carbonyl (C=O) groups excluding carboxylic acids is 1. The summed E-state index contributed by atoms with van der Waals surface area (Å²) in [5.41, 5.74) is 4.69. The summed E-state index contributed by atoms with van der Waals surface area (Å²) in [6.07, 6.45) is -3.59. The Morgan fingerprint density at radius 2 is 1.63 bits per heavy atom. The second-order valence-electron chi connectivity index (χ2n) is 13.8. The van der Waals surface area contributed by atoms with Crippen LogP contribution >= 0.6 is 11.8 Å². The maximum Gasteiger partial charge on any atom is 0.310 e. The van der Waals surface area contributed by atoms with Crippen LogP contribution in [0.5, 0.6) is 17.2 Å². The number of ether oxygens (including phenoxy) is 4. The van der Waals surface area contributed by atoms with E-state index in [2.05, 4.69) is 19.2 Å². The fourth-order valence-corrected chi connectivity index (χ4v) is 7.11. The van der Waals surface area contributed by atoms with Gasteiger partial charge in [0, 0.05) is 12.5 Å². The van der Waals surface area contributed by atoms with Crippen LogP contribution in [-0.4, -0.2) is 95.2 Å². The van der Waals surface area contributed by atoms with E-state index >= 15 is 0 Å². The number of aliphatic hydroxyl groups excluding tert-OH is 4. The van der Waals surface area contributed by atoms with Crippen molar-refractivity contribution in [3.8, 4) is 28.4 Å². The fourth-order valence-electron chi connectivity index (χ4n) is 6.64. The first-order valence-electron chi connectivity index (χ1n) is 17.7. The lowest BCUT2D eigenvalue weighted by atomic mass is 9.95. The number of amides is 1. The molecule has 0 spiro atoms. The lowest BCUT2D eigenvalue weighted by Gasteiger charge is -2.39. The lowest BCUT2D eigenvalue weighted by Crippen LogP contribution is -2.60. The van der Waals surface area contributed by atoms with Crippen LogP contribution in [0.1, 0.15) is 68.3 Å². The lowest BCUT2D eigenvalue weighted by molar-refractivity contribution is -0.277. The number of carboxylic acids is 1. The highest BCUT2D eigenvalue weighted by Gasteiger charge is 2.45. The van der Waals surface area contributed by atoms with E-state index in [1.54, 1.807) is 25.1 Å². The molecule has 1 amide bonds. The minimum atomic E-state index is -1.62. The molecule has 3 aromatic carbocycles. The molecule has 0 bridgehead atoms. The zero-order valence-corrected chi connectivity index (χ0v) is 32.4. The van der Waals surface area contributed by atoms with Crippen molar-refractivity contribution in [3.05, 3.63) is 81.0 Å². The van der Waals surface area contributed by atoms with Gasteiger partial charge in [0.25, 0.3) is 0 Å². The Labute approximate surface area is 319 Å². The van der Waals surface area contributed by atoms with Gasteiger partial charge in [0.1, 0.15) is 24.4 Å². The molecule has 1 heterocycles. The van der Waals surface area contributed by atoms with Crippen molar-refractivity contribution in [1.82, 2.24) is 5.32 Å². The van der Waals surface area contributed by atoms with E-state index in [-0.39, 0.29) is 22.8 Å². The maximum atomic E-state index is 13.0. The zero-order valence-electron chi connectivity index (χ0n) is 31.6. The van der Waals surface area contributed by atoms with Gasteiger partial charge in [-0.1, -0.05) is 44.2 Å². The van der Waals surface area contributed by atoms with Gasteiger partial charge in [0.2, 0.25) is 17.9 Å². The van der Waals surface area contributed by atoms with Crippen molar-refractivity contribution in [1.29, 1.82) is 0 Å². The van der Waals surface area contributed by atoms with E-state index in [1.165, 1.54) is 38.5 Å². The van der Waals surface area contributed by atoms with Gasteiger partial charge in [-0.3, -0.25) is 14.4 Å². The average molecular weight is 770 g/mol. The number of benzene rings is 2. The van der Waals surface area contributed by atoms with Crippen LogP contribution in [0.4, 0.5) is 0 Å². The van der Waals surface area contributed by atoms with Gasteiger partial charge in [-0.2, -0.15) is 0 Å². The maximum absolute atomic E-state index is 13.0. The van der Waals surface area contributed by atoms with E-state index in [9.17, 15) is 34.8 Å². The summed E-state index contributed by atoms with van der Waals surface area (Å²) in [7, 11) is 2.87. The van der Waals surface area contributed by atoms with Crippen LogP contribution in [0.2, 0.25) is 0 Å². The molecule has 1 saturated heterocycles. The molecule has 13 nitrogen and oxygen atoms in total. The smallest absolute Gasteiger partial charge is 0.310 e. The van der Waals surface area contributed by atoms with Crippen molar-refractivity contribution in [2.45, 2.75) is 94.5 Å². The summed E-state index contributed by atoms with van der Waals surface area (Å²) < 4.78 is 23.0. The van der Waals surface area contributed by atoms with E-state index < -0.39 is 55.2 Å². The van der Waals surface area contributed by atoms with E-state index in [0.29, 0.717) is 46.1 Å². The number of aliphatic carboxylic acids is 1. The van der Waals surface area contributed by atoms with Gasteiger partial charge in [0.15, 0.2) is 16.9 Å². The Bertz CT molecular complexity index is 1830. The van der Waals surface area contributed by atoms with Gasteiger partial charge in [-0.15, -0.1) is 11.8 Å². The molecule has 5 rings (SSSR count). The predicted octanol–water partition coefficient (Wildman–Crippen LogP) is 3.83. The standard InChI is InChI=1S/C27H33NO10S.C13H18O2/c1-12(30)28-16-7-5-13-9-18(37-27-24(34)23(33)22(32)19(11-29)38-27)25(35-2)26(36-3)21(13)14-6-8-20(39-4)17(31)10-15(14)16;1-9(2)8-11-4-6-12(7-5-11)10(3)13(14)15/h6,8-10,16,19,22-24,27,29,32-34H,5,7,11H2,1-4H3,(H,28,30);4-7,9-10H,8H2,1-3H3,(H,14,15)/t16-,19+,22+,23-,24+,27-;/m0./s1. The van der Waals surface area contributed by atoms with E-state index in [0.717, 1.165) is 17.5 Å². The first-order chi connectivity index (χ1) is 25.6. The molecule has 2 aliphatic rings. The number of hydrogen-bond acceptors (Lipinski definition) is 12. The summed E-state index contributed by atoms with van der Waals surface area (Å²) in [6, 6.07) is 14.2. The zero-order chi connectivity index (χ0) is 39.9. The highest BCUT2D eigenvalue weighted by atomic mass is 32.2. The summed E-state index contributed by atoms with van der Waals surface area (Å²) in [4.78, 5) is 36.3. The number of carboxylic acid groups (broad SMARTS) is 1. The monoisotopic (exact) mass is 769 g/mol.